The van der Waals surface area contributed by atoms with Gasteiger partial charge in [-0.25, -0.2) is 0 Å². The molecule has 0 atom stereocenters. The van der Waals surface area contributed by atoms with E-state index in [1.54, 1.807) is 0 Å². The SMILES string of the molecule is CCOC(=O)CCC1(CNc2ccc(C)cc2)CC1. The lowest BCUT2D eigenvalue weighted by Gasteiger charge is -2.16. The number of carbonyl (C=O) groups excluding carboxylic acids is 1. The van der Waals surface area contributed by atoms with E-state index in [0.717, 1.165) is 18.7 Å². The van der Waals surface area contributed by atoms with Crippen LogP contribution in [-0.2, 0) is 9.53 Å². The molecule has 1 aromatic rings. The zero-order valence-electron chi connectivity index (χ0n) is 11.9. The summed E-state index contributed by atoms with van der Waals surface area (Å²) in [6, 6.07) is 8.44. The number of anilines is 1. The van der Waals surface area contributed by atoms with Crippen LogP contribution in [0.25, 0.3) is 0 Å². The zero-order chi connectivity index (χ0) is 13.7. The first-order valence-corrected chi connectivity index (χ1v) is 7.10. The molecular weight excluding hydrogens is 238 g/mol. The maximum Gasteiger partial charge on any atom is 0.305 e. The van der Waals surface area contributed by atoms with Crippen LogP contribution in [0.4, 0.5) is 5.69 Å². The van der Waals surface area contributed by atoms with Crippen molar-refractivity contribution in [1.82, 2.24) is 0 Å². The van der Waals surface area contributed by atoms with E-state index in [4.69, 9.17) is 4.74 Å². The molecule has 1 N–H and O–H groups in total. The molecule has 0 aromatic heterocycles. The van der Waals surface area contributed by atoms with Crippen LogP contribution in [0.1, 0.15) is 38.2 Å². The number of carbonyl (C=O) groups is 1. The largest absolute Gasteiger partial charge is 0.466 e. The van der Waals surface area contributed by atoms with E-state index in [2.05, 4.69) is 36.5 Å². The van der Waals surface area contributed by atoms with Gasteiger partial charge >= 0.3 is 5.97 Å². The molecule has 0 saturated heterocycles. The lowest BCUT2D eigenvalue weighted by molar-refractivity contribution is -0.143. The Kier molecular flexibility index (Phi) is 4.46. The third-order valence-electron chi connectivity index (χ3n) is 3.84. The zero-order valence-corrected chi connectivity index (χ0v) is 11.9. The number of hydrogen-bond donors (Lipinski definition) is 1. The van der Waals surface area contributed by atoms with Gasteiger partial charge in [0.15, 0.2) is 0 Å². The highest BCUT2D eigenvalue weighted by Crippen LogP contribution is 2.49. The Morgan fingerprint density at radius 3 is 2.58 bits per heavy atom. The summed E-state index contributed by atoms with van der Waals surface area (Å²) in [5.74, 6) is -0.0656. The van der Waals surface area contributed by atoms with Gasteiger partial charge in [-0.3, -0.25) is 4.79 Å². The summed E-state index contributed by atoms with van der Waals surface area (Å²) in [7, 11) is 0. The van der Waals surface area contributed by atoms with E-state index in [0.29, 0.717) is 18.4 Å². The molecule has 104 valence electrons. The Morgan fingerprint density at radius 2 is 2.00 bits per heavy atom. The van der Waals surface area contributed by atoms with E-state index < -0.39 is 0 Å². The second-order valence-corrected chi connectivity index (χ2v) is 5.52. The van der Waals surface area contributed by atoms with Crippen LogP contribution in [0.3, 0.4) is 0 Å². The molecule has 1 fully saturated rings. The maximum absolute atomic E-state index is 11.4. The van der Waals surface area contributed by atoms with Gasteiger partial charge in [0.1, 0.15) is 0 Å². The van der Waals surface area contributed by atoms with Crippen molar-refractivity contribution in [1.29, 1.82) is 0 Å². The second kappa shape index (κ2) is 6.09. The standard InChI is InChI=1S/C16H23NO2/c1-3-19-15(18)8-9-16(10-11-16)12-17-14-6-4-13(2)5-7-14/h4-7,17H,3,8-12H2,1-2H3. The Labute approximate surface area is 115 Å². The minimum absolute atomic E-state index is 0.0656. The molecule has 0 heterocycles. The number of rotatable bonds is 7. The maximum atomic E-state index is 11.4. The van der Waals surface area contributed by atoms with E-state index >= 15 is 0 Å². The highest BCUT2D eigenvalue weighted by Gasteiger charge is 2.42. The normalized spacial score (nSPS) is 15.9. The van der Waals surface area contributed by atoms with Gasteiger partial charge in [-0.15, -0.1) is 0 Å². The first kappa shape index (κ1) is 13.9. The molecule has 0 aliphatic heterocycles. The Hall–Kier alpha value is -1.51. The molecule has 0 bridgehead atoms. The van der Waals surface area contributed by atoms with Crippen molar-refractivity contribution in [2.24, 2.45) is 5.41 Å². The van der Waals surface area contributed by atoms with Crippen LogP contribution >= 0.6 is 0 Å². The number of esters is 1. The van der Waals surface area contributed by atoms with Gasteiger partial charge in [0.05, 0.1) is 6.61 Å². The molecule has 1 aliphatic carbocycles. The molecule has 19 heavy (non-hydrogen) atoms. The topological polar surface area (TPSA) is 38.3 Å². The number of hydrogen-bond acceptors (Lipinski definition) is 3. The van der Waals surface area contributed by atoms with E-state index in [-0.39, 0.29) is 5.97 Å². The van der Waals surface area contributed by atoms with Crippen LogP contribution < -0.4 is 5.32 Å². The van der Waals surface area contributed by atoms with Gasteiger partial charge in [0.25, 0.3) is 0 Å². The molecule has 0 radical (unpaired) electrons. The van der Waals surface area contributed by atoms with Crippen molar-refractivity contribution >= 4 is 11.7 Å². The van der Waals surface area contributed by atoms with Crippen molar-refractivity contribution in [3.05, 3.63) is 29.8 Å². The lowest BCUT2D eigenvalue weighted by atomic mass is 10.00. The predicted octanol–water partition coefficient (Wildman–Crippen LogP) is 3.53. The van der Waals surface area contributed by atoms with Crippen molar-refractivity contribution in [3.8, 4) is 0 Å². The Bertz CT molecular complexity index is 421. The third-order valence-corrected chi connectivity index (χ3v) is 3.84. The van der Waals surface area contributed by atoms with Crippen LogP contribution in [-0.4, -0.2) is 19.1 Å². The smallest absolute Gasteiger partial charge is 0.305 e. The highest BCUT2D eigenvalue weighted by atomic mass is 16.5. The summed E-state index contributed by atoms with van der Waals surface area (Å²) in [5.41, 5.74) is 2.75. The first-order valence-electron chi connectivity index (χ1n) is 7.10. The number of ether oxygens (including phenoxy) is 1. The van der Waals surface area contributed by atoms with Crippen LogP contribution in [0.5, 0.6) is 0 Å². The minimum Gasteiger partial charge on any atom is -0.466 e. The van der Waals surface area contributed by atoms with E-state index in [9.17, 15) is 4.79 Å². The molecule has 0 amide bonds. The fraction of sp³-hybridized carbons (Fsp3) is 0.562. The quantitative estimate of drug-likeness (QED) is 0.763. The predicted molar refractivity (Wildman–Crippen MR) is 77.2 cm³/mol. The summed E-state index contributed by atoms with van der Waals surface area (Å²) in [4.78, 5) is 11.4. The fourth-order valence-electron chi connectivity index (χ4n) is 2.25. The number of benzene rings is 1. The van der Waals surface area contributed by atoms with Crippen molar-refractivity contribution in [3.63, 3.8) is 0 Å². The highest BCUT2D eigenvalue weighted by molar-refractivity contribution is 5.69. The van der Waals surface area contributed by atoms with Crippen LogP contribution in [0, 0.1) is 12.3 Å². The molecule has 1 aliphatic rings. The Balaban J connectivity index is 1.75. The van der Waals surface area contributed by atoms with Crippen molar-refractivity contribution in [2.75, 3.05) is 18.5 Å². The summed E-state index contributed by atoms with van der Waals surface area (Å²) in [6.45, 7) is 5.37. The van der Waals surface area contributed by atoms with Gasteiger partial charge in [0.2, 0.25) is 0 Å². The van der Waals surface area contributed by atoms with Gasteiger partial charge in [-0.05, 0) is 50.7 Å². The molecule has 3 nitrogen and oxygen atoms in total. The molecule has 1 saturated carbocycles. The van der Waals surface area contributed by atoms with Crippen molar-refractivity contribution < 1.29 is 9.53 Å². The summed E-state index contributed by atoms with van der Waals surface area (Å²) in [6.07, 6.45) is 3.91. The molecular formula is C16H23NO2. The average molecular weight is 261 g/mol. The second-order valence-electron chi connectivity index (χ2n) is 5.52. The van der Waals surface area contributed by atoms with Gasteiger partial charge in [0, 0.05) is 18.7 Å². The molecule has 2 rings (SSSR count). The van der Waals surface area contributed by atoms with Crippen LogP contribution in [0.2, 0.25) is 0 Å². The number of aryl methyl sites for hydroxylation is 1. The summed E-state index contributed by atoms with van der Waals surface area (Å²) >= 11 is 0. The van der Waals surface area contributed by atoms with E-state index in [1.165, 1.54) is 18.4 Å². The fourth-order valence-corrected chi connectivity index (χ4v) is 2.25. The molecule has 0 spiro atoms. The van der Waals surface area contributed by atoms with Crippen LogP contribution in [0.15, 0.2) is 24.3 Å². The lowest BCUT2D eigenvalue weighted by Crippen LogP contribution is -2.17. The first-order chi connectivity index (χ1) is 9.13. The average Bonchev–Trinajstić information content (AvgIpc) is 3.17. The molecule has 3 heteroatoms. The van der Waals surface area contributed by atoms with E-state index in [1.807, 2.05) is 6.92 Å². The minimum atomic E-state index is -0.0656. The Morgan fingerprint density at radius 1 is 1.32 bits per heavy atom. The van der Waals surface area contributed by atoms with Gasteiger partial charge in [-0.2, -0.15) is 0 Å². The molecule has 0 unspecified atom stereocenters. The monoisotopic (exact) mass is 261 g/mol. The summed E-state index contributed by atoms with van der Waals surface area (Å²) < 4.78 is 4.98. The number of nitrogens with one attached hydrogen (secondary N) is 1. The molecule has 1 aromatic carbocycles. The van der Waals surface area contributed by atoms with Crippen molar-refractivity contribution in [2.45, 2.75) is 39.5 Å². The van der Waals surface area contributed by atoms with Gasteiger partial charge < -0.3 is 10.1 Å². The van der Waals surface area contributed by atoms with Gasteiger partial charge in [-0.1, -0.05) is 17.7 Å². The third kappa shape index (κ3) is 4.27. The summed E-state index contributed by atoms with van der Waals surface area (Å²) in [5, 5.41) is 3.48.